The molecule has 5 nitrogen and oxygen atoms in total. The molecule has 6 heteroatoms. The number of anilines is 1. The zero-order valence-corrected chi connectivity index (χ0v) is 14.1. The molecule has 0 spiro atoms. The molecule has 1 amide bonds. The quantitative estimate of drug-likeness (QED) is 0.703. The molecule has 0 aliphatic heterocycles. The number of phenols is 1. The Morgan fingerprint density at radius 1 is 1.28 bits per heavy atom. The van der Waals surface area contributed by atoms with Crippen molar-refractivity contribution in [3.05, 3.63) is 59.0 Å². The Bertz CT molecular complexity index is 956. The topological polar surface area (TPSA) is 71.5 Å². The van der Waals surface area contributed by atoms with Crippen LogP contribution in [-0.4, -0.2) is 23.1 Å². The Labute approximate surface area is 148 Å². The van der Waals surface area contributed by atoms with Crippen molar-refractivity contribution < 1.29 is 14.6 Å². The van der Waals surface area contributed by atoms with E-state index in [1.807, 2.05) is 29.6 Å². The summed E-state index contributed by atoms with van der Waals surface area (Å²) in [5, 5.41) is 14.7. The fourth-order valence-corrected chi connectivity index (χ4v) is 2.90. The van der Waals surface area contributed by atoms with Crippen LogP contribution < -0.4 is 10.1 Å². The summed E-state index contributed by atoms with van der Waals surface area (Å²) in [6.45, 7) is 0. The van der Waals surface area contributed by atoms with Gasteiger partial charge >= 0.3 is 0 Å². The highest BCUT2D eigenvalue weighted by Gasteiger charge is 2.12. The number of amides is 1. The van der Waals surface area contributed by atoms with Gasteiger partial charge in [-0.2, -0.15) is 0 Å². The molecular formula is C19H14N2O3S. The average molecular weight is 350 g/mol. The van der Waals surface area contributed by atoms with Crippen molar-refractivity contribution in [2.24, 2.45) is 0 Å². The Hall–Kier alpha value is -3.30. The zero-order chi connectivity index (χ0) is 17.8. The third-order valence-corrected chi connectivity index (χ3v) is 4.27. The summed E-state index contributed by atoms with van der Waals surface area (Å²) in [6, 6.07) is 11.9. The summed E-state index contributed by atoms with van der Waals surface area (Å²) in [6.07, 6.45) is 5.35. The predicted octanol–water partition coefficient (Wildman–Crippen LogP) is 3.76. The average Bonchev–Trinajstić information content (AvgIpc) is 3.10. The SMILES string of the molecule is C#Cc1ccc(-c2csc(NC(=O)c3ccc(O)c(OC)c3)n2)cc1. The van der Waals surface area contributed by atoms with Gasteiger partial charge in [0.05, 0.1) is 12.8 Å². The fourth-order valence-electron chi connectivity index (χ4n) is 2.19. The molecule has 2 aromatic carbocycles. The van der Waals surface area contributed by atoms with Gasteiger partial charge in [0.25, 0.3) is 5.91 Å². The molecule has 0 saturated heterocycles. The van der Waals surface area contributed by atoms with Crippen LogP contribution in [0.15, 0.2) is 47.8 Å². The number of carbonyl (C=O) groups excluding carboxylic acids is 1. The third kappa shape index (κ3) is 3.62. The molecular weight excluding hydrogens is 336 g/mol. The monoisotopic (exact) mass is 350 g/mol. The number of hydrogen-bond donors (Lipinski definition) is 2. The molecule has 2 N–H and O–H groups in total. The number of rotatable bonds is 4. The molecule has 1 aromatic heterocycles. The lowest BCUT2D eigenvalue weighted by atomic mass is 10.1. The van der Waals surface area contributed by atoms with E-state index >= 15 is 0 Å². The summed E-state index contributed by atoms with van der Waals surface area (Å²) in [4.78, 5) is 16.7. The van der Waals surface area contributed by atoms with Crippen molar-refractivity contribution >= 4 is 22.4 Å². The number of phenolic OH excluding ortho intramolecular Hbond substituents is 1. The number of aromatic hydroxyl groups is 1. The van der Waals surface area contributed by atoms with E-state index in [0.717, 1.165) is 16.8 Å². The normalized spacial score (nSPS) is 10.1. The highest BCUT2D eigenvalue weighted by molar-refractivity contribution is 7.14. The maximum atomic E-state index is 12.3. The highest BCUT2D eigenvalue weighted by atomic mass is 32.1. The number of carbonyl (C=O) groups is 1. The summed E-state index contributed by atoms with van der Waals surface area (Å²) in [5.74, 6) is 2.45. The van der Waals surface area contributed by atoms with Gasteiger partial charge in [-0.25, -0.2) is 4.98 Å². The number of terminal acetylenes is 1. The number of hydrogen-bond acceptors (Lipinski definition) is 5. The van der Waals surface area contributed by atoms with Crippen LogP contribution in [0.1, 0.15) is 15.9 Å². The lowest BCUT2D eigenvalue weighted by Crippen LogP contribution is -2.11. The first-order valence-corrected chi connectivity index (χ1v) is 8.19. The van der Waals surface area contributed by atoms with Crippen LogP contribution in [0.25, 0.3) is 11.3 Å². The predicted molar refractivity (Wildman–Crippen MR) is 98.1 cm³/mol. The first-order chi connectivity index (χ1) is 12.1. The Balaban J connectivity index is 1.76. The fraction of sp³-hybridized carbons (Fsp3) is 0.0526. The maximum Gasteiger partial charge on any atom is 0.257 e. The Kier molecular flexibility index (Phi) is 4.68. The molecule has 0 aliphatic carbocycles. The molecule has 0 atom stereocenters. The molecule has 0 unspecified atom stereocenters. The minimum Gasteiger partial charge on any atom is -0.504 e. The molecule has 0 aliphatic rings. The van der Waals surface area contributed by atoms with Crippen LogP contribution in [0, 0.1) is 12.3 Å². The summed E-state index contributed by atoms with van der Waals surface area (Å²) < 4.78 is 5.01. The van der Waals surface area contributed by atoms with E-state index in [2.05, 4.69) is 16.2 Å². The van der Waals surface area contributed by atoms with Crippen molar-refractivity contribution in [2.75, 3.05) is 12.4 Å². The maximum absolute atomic E-state index is 12.3. The number of methoxy groups -OCH3 is 1. The molecule has 0 bridgehead atoms. The Morgan fingerprint density at radius 3 is 2.72 bits per heavy atom. The number of ether oxygens (including phenoxy) is 1. The molecule has 3 aromatic rings. The van der Waals surface area contributed by atoms with Crippen LogP contribution in [0.3, 0.4) is 0 Å². The molecule has 0 saturated carbocycles. The van der Waals surface area contributed by atoms with Crippen LogP contribution >= 0.6 is 11.3 Å². The van der Waals surface area contributed by atoms with E-state index in [-0.39, 0.29) is 17.4 Å². The van der Waals surface area contributed by atoms with Gasteiger partial charge in [0.2, 0.25) is 0 Å². The van der Waals surface area contributed by atoms with E-state index in [4.69, 9.17) is 11.2 Å². The van der Waals surface area contributed by atoms with E-state index in [9.17, 15) is 9.90 Å². The van der Waals surface area contributed by atoms with Crippen molar-refractivity contribution in [2.45, 2.75) is 0 Å². The van der Waals surface area contributed by atoms with Crippen molar-refractivity contribution in [3.8, 4) is 35.1 Å². The van der Waals surface area contributed by atoms with Crippen molar-refractivity contribution in [3.63, 3.8) is 0 Å². The van der Waals surface area contributed by atoms with Crippen LogP contribution in [0.2, 0.25) is 0 Å². The van der Waals surface area contributed by atoms with Gasteiger partial charge in [0.15, 0.2) is 16.6 Å². The van der Waals surface area contributed by atoms with Gasteiger partial charge in [-0.05, 0) is 30.3 Å². The lowest BCUT2D eigenvalue weighted by molar-refractivity contribution is 0.102. The summed E-state index contributed by atoms with van der Waals surface area (Å²) >= 11 is 1.33. The molecule has 3 rings (SSSR count). The van der Waals surface area contributed by atoms with Crippen molar-refractivity contribution in [1.29, 1.82) is 0 Å². The number of benzene rings is 2. The van der Waals surface area contributed by atoms with Gasteiger partial charge in [0.1, 0.15) is 0 Å². The van der Waals surface area contributed by atoms with E-state index in [0.29, 0.717) is 10.7 Å². The minimum atomic E-state index is -0.332. The van der Waals surface area contributed by atoms with Crippen LogP contribution in [0.4, 0.5) is 5.13 Å². The number of nitrogens with one attached hydrogen (secondary N) is 1. The van der Waals surface area contributed by atoms with Gasteiger partial charge in [0, 0.05) is 22.1 Å². The highest BCUT2D eigenvalue weighted by Crippen LogP contribution is 2.28. The molecule has 1 heterocycles. The second-order valence-corrected chi connectivity index (χ2v) is 5.96. The molecule has 124 valence electrons. The third-order valence-electron chi connectivity index (χ3n) is 3.51. The molecule has 0 radical (unpaired) electrons. The minimum absolute atomic E-state index is 0.0222. The van der Waals surface area contributed by atoms with Gasteiger partial charge in [-0.1, -0.05) is 18.1 Å². The molecule has 25 heavy (non-hydrogen) atoms. The number of aromatic nitrogens is 1. The Morgan fingerprint density at radius 2 is 2.04 bits per heavy atom. The first kappa shape index (κ1) is 16.6. The lowest BCUT2D eigenvalue weighted by Gasteiger charge is -2.06. The van der Waals surface area contributed by atoms with Gasteiger partial charge < -0.3 is 9.84 Å². The zero-order valence-electron chi connectivity index (χ0n) is 13.3. The number of thiazole rings is 1. The van der Waals surface area contributed by atoms with E-state index in [1.165, 1.54) is 36.6 Å². The summed E-state index contributed by atoms with van der Waals surface area (Å²) in [7, 11) is 1.43. The van der Waals surface area contributed by atoms with Gasteiger partial charge in [-0.15, -0.1) is 17.8 Å². The standard InChI is InChI=1S/C19H14N2O3S/c1-3-12-4-6-13(7-5-12)15-11-25-19(20-15)21-18(23)14-8-9-16(22)17(10-14)24-2/h1,4-11,22H,2H3,(H,20,21,23). The van der Waals surface area contributed by atoms with Crippen molar-refractivity contribution in [1.82, 2.24) is 4.98 Å². The molecule has 0 fully saturated rings. The van der Waals surface area contributed by atoms with Crippen LogP contribution in [0.5, 0.6) is 11.5 Å². The van der Waals surface area contributed by atoms with E-state index in [1.54, 1.807) is 0 Å². The second-order valence-electron chi connectivity index (χ2n) is 5.10. The smallest absolute Gasteiger partial charge is 0.257 e. The second kappa shape index (κ2) is 7.07. The van der Waals surface area contributed by atoms with E-state index < -0.39 is 0 Å². The summed E-state index contributed by atoms with van der Waals surface area (Å²) in [5.41, 5.74) is 2.84. The largest absolute Gasteiger partial charge is 0.504 e. The first-order valence-electron chi connectivity index (χ1n) is 7.31. The van der Waals surface area contributed by atoms with Crippen LogP contribution in [-0.2, 0) is 0 Å². The van der Waals surface area contributed by atoms with Gasteiger partial charge in [-0.3, -0.25) is 10.1 Å². The number of nitrogens with zero attached hydrogens (tertiary/aromatic N) is 1.